The summed E-state index contributed by atoms with van der Waals surface area (Å²) in [5.41, 5.74) is 0.915. The zero-order chi connectivity index (χ0) is 30.2. The van der Waals surface area contributed by atoms with Crippen molar-refractivity contribution in [2.45, 2.75) is 18.9 Å². The van der Waals surface area contributed by atoms with E-state index in [2.05, 4.69) is 84.9 Å². The Morgan fingerprint density at radius 2 is 1.02 bits per heavy atom. The minimum absolute atomic E-state index is 0.0664. The van der Waals surface area contributed by atoms with Crippen LogP contribution in [-0.2, 0) is 4.79 Å². The van der Waals surface area contributed by atoms with Crippen molar-refractivity contribution in [2.24, 2.45) is 0 Å². The summed E-state index contributed by atoms with van der Waals surface area (Å²) < 4.78 is 7.54. The van der Waals surface area contributed by atoms with Gasteiger partial charge in [0.2, 0.25) is 0 Å². The molecule has 45 heavy (non-hydrogen) atoms. The summed E-state index contributed by atoms with van der Waals surface area (Å²) in [5, 5.41) is 35.0. The zero-order valence-electron chi connectivity index (χ0n) is 24.2. The highest BCUT2D eigenvalue weighted by molar-refractivity contribution is 6.25. The minimum atomic E-state index is -0.515. The summed E-state index contributed by atoms with van der Waals surface area (Å²) in [6.07, 6.45) is 0.385. The van der Waals surface area contributed by atoms with Crippen LogP contribution in [-0.4, -0.2) is 20.7 Å². The molecule has 0 bridgehead atoms. The number of esters is 1. The van der Waals surface area contributed by atoms with E-state index in [4.69, 9.17) is 4.74 Å². The Balaban J connectivity index is 1.10. The largest absolute Gasteiger partial charge is 0.494 e. The number of nitrogens with zero attached hydrogens (tertiary/aromatic N) is 1. The predicted octanol–water partition coefficient (Wildman–Crippen LogP) is 9.67. The molecule has 0 aliphatic rings. The first-order chi connectivity index (χ1) is 22.0. The molecule has 0 aliphatic heterocycles. The van der Waals surface area contributed by atoms with Crippen LogP contribution in [0.15, 0.2) is 121 Å². The fourth-order valence-electron chi connectivity index (χ4n) is 7.44. The monoisotopic (exact) mass is 585 g/mol. The summed E-state index contributed by atoms with van der Waals surface area (Å²) in [7, 11) is 0. The van der Waals surface area contributed by atoms with Gasteiger partial charge in [0.25, 0.3) is 0 Å². The average molecular weight is 586 g/mol. The molecule has 9 aromatic rings. The van der Waals surface area contributed by atoms with Crippen molar-refractivity contribution in [1.29, 1.82) is 0 Å². The van der Waals surface area contributed by atoms with Gasteiger partial charge in [0.05, 0.1) is 6.04 Å². The first kappa shape index (κ1) is 25.7. The van der Waals surface area contributed by atoms with E-state index in [1.165, 1.54) is 22.1 Å². The van der Waals surface area contributed by atoms with E-state index in [1.54, 1.807) is 0 Å². The highest BCUT2D eigenvalue weighted by atomic mass is 16.5. The number of carbonyl (C=O) groups excluding carboxylic acids is 1. The van der Waals surface area contributed by atoms with E-state index in [0.29, 0.717) is 12.2 Å². The second-order valence-corrected chi connectivity index (χ2v) is 11.9. The molecule has 9 rings (SSSR count). The molecule has 0 amide bonds. The van der Waals surface area contributed by atoms with Crippen molar-refractivity contribution < 1.29 is 19.7 Å². The third kappa shape index (κ3) is 3.84. The number of carbonyl (C=O) groups is 1. The minimum Gasteiger partial charge on any atom is -0.494 e. The zero-order valence-corrected chi connectivity index (χ0v) is 24.2. The van der Waals surface area contributed by atoms with Crippen LogP contribution in [0.3, 0.4) is 0 Å². The number of hydrogen-bond acceptors (Lipinski definition) is 4. The van der Waals surface area contributed by atoms with Gasteiger partial charge in [-0.25, -0.2) is 0 Å². The van der Waals surface area contributed by atoms with Crippen LogP contribution in [0.1, 0.15) is 24.4 Å². The normalized spacial score (nSPS) is 12.8. The van der Waals surface area contributed by atoms with Crippen molar-refractivity contribution >= 4 is 70.6 Å². The van der Waals surface area contributed by atoms with Crippen molar-refractivity contribution in [2.75, 3.05) is 0 Å². The van der Waals surface area contributed by atoms with Crippen molar-refractivity contribution in [3.05, 3.63) is 127 Å². The maximum absolute atomic E-state index is 13.5. The Hall–Kier alpha value is -5.81. The number of benzene rings is 8. The lowest BCUT2D eigenvalue weighted by Crippen LogP contribution is -2.15. The molecule has 0 aliphatic carbocycles. The van der Waals surface area contributed by atoms with Gasteiger partial charge in [-0.3, -0.25) is 9.36 Å². The Morgan fingerprint density at radius 3 is 1.62 bits per heavy atom. The summed E-state index contributed by atoms with van der Waals surface area (Å²) in [6, 6.07) is 39.8. The lowest BCUT2D eigenvalue weighted by Gasteiger charge is -2.24. The third-order valence-corrected chi connectivity index (χ3v) is 9.44. The average Bonchev–Trinajstić information content (AvgIpc) is 3.40. The Bertz CT molecular complexity index is 2530. The van der Waals surface area contributed by atoms with Gasteiger partial charge in [0, 0.05) is 29.3 Å². The molecule has 5 nitrogen and oxygen atoms in total. The van der Waals surface area contributed by atoms with Gasteiger partial charge in [-0.05, 0) is 78.0 Å². The molecular formula is C40H27NO4. The number of rotatable bonds is 6. The molecule has 0 fully saturated rings. The van der Waals surface area contributed by atoms with Crippen molar-refractivity contribution in [3.63, 3.8) is 0 Å². The molecule has 0 radical (unpaired) electrons. The summed E-state index contributed by atoms with van der Waals surface area (Å²) in [4.78, 5) is 13.5. The molecule has 1 unspecified atom stereocenters. The van der Waals surface area contributed by atoms with Gasteiger partial charge < -0.3 is 14.9 Å². The van der Waals surface area contributed by atoms with Crippen LogP contribution in [0.4, 0.5) is 0 Å². The smallest absolute Gasteiger partial charge is 0.311 e. The van der Waals surface area contributed by atoms with Crippen LogP contribution < -0.4 is 4.74 Å². The molecule has 0 saturated carbocycles. The van der Waals surface area contributed by atoms with E-state index in [-0.39, 0.29) is 24.2 Å². The molecule has 1 heterocycles. The molecule has 2 N–H and O–H groups in total. The number of aromatic hydroxyl groups is 2. The molecule has 1 aromatic heterocycles. The van der Waals surface area contributed by atoms with Crippen LogP contribution in [0, 0.1) is 0 Å². The number of hydrogen-bond donors (Lipinski definition) is 2. The second kappa shape index (κ2) is 9.60. The van der Waals surface area contributed by atoms with Gasteiger partial charge in [-0.1, -0.05) is 97.1 Å². The van der Waals surface area contributed by atoms with E-state index < -0.39 is 6.04 Å². The first-order valence-corrected chi connectivity index (χ1v) is 15.2. The Labute approximate surface area is 257 Å². The standard InChI is InChI=1S/C40H27NO4/c42-34-20-21-35(43)41(34)32(29-15-11-27-9-7-23-3-1-5-25-12-16-30(29)39(27)37(23)25)18-22-36(44)45-33-19-14-28-10-8-24-4-2-6-26-13-17-31(33)40(28)38(24)26/h1-17,19-21,32,42-43H,18,22H2. The van der Waals surface area contributed by atoms with Crippen LogP contribution >= 0.6 is 0 Å². The molecule has 5 heteroatoms. The number of ether oxygens (including phenoxy) is 1. The summed E-state index contributed by atoms with van der Waals surface area (Å²) in [6.45, 7) is 0. The first-order valence-electron chi connectivity index (χ1n) is 15.2. The van der Waals surface area contributed by atoms with Crippen LogP contribution in [0.25, 0.3) is 64.6 Å². The van der Waals surface area contributed by atoms with Gasteiger partial charge in [0.1, 0.15) is 5.75 Å². The van der Waals surface area contributed by atoms with Crippen molar-refractivity contribution in [1.82, 2.24) is 4.57 Å². The molecule has 1 atom stereocenters. The van der Waals surface area contributed by atoms with Gasteiger partial charge in [-0.15, -0.1) is 0 Å². The second-order valence-electron chi connectivity index (χ2n) is 11.9. The van der Waals surface area contributed by atoms with Crippen LogP contribution in [0.5, 0.6) is 17.5 Å². The number of aromatic nitrogens is 1. The summed E-state index contributed by atoms with van der Waals surface area (Å²) in [5.74, 6) is 0.0160. The molecule has 216 valence electrons. The Kier molecular flexibility index (Phi) is 5.47. The maximum atomic E-state index is 13.5. The maximum Gasteiger partial charge on any atom is 0.311 e. The highest BCUT2D eigenvalue weighted by Gasteiger charge is 2.25. The van der Waals surface area contributed by atoms with Gasteiger partial charge >= 0.3 is 5.97 Å². The Morgan fingerprint density at radius 1 is 0.556 bits per heavy atom. The predicted molar refractivity (Wildman–Crippen MR) is 181 cm³/mol. The van der Waals surface area contributed by atoms with Crippen molar-refractivity contribution in [3.8, 4) is 17.5 Å². The van der Waals surface area contributed by atoms with E-state index in [9.17, 15) is 15.0 Å². The van der Waals surface area contributed by atoms with E-state index >= 15 is 0 Å². The molecular weight excluding hydrogens is 558 g/mol. The topological polar surface area (TPSA) is 71.7 Å². The SMILES string of the molecule is O=C(CCC(c1ccc2ccc3cccc4ccc1c2c34)n1c(O)ccc1O)Oc1ccc2ccc3cccc4ccc1c2c34. The van der Waals surface area contributed by atoms with Gasteiger partial charge in [0.15, 0.2) is 11.8 Å². The quantitative estimate of drug-likeness (QED) is 0.116. The lowest BCUT2D eigenvalue weighted by molar-refractivity contribution is -0.134. The third-order valence-electron chi connectivity index (χ3n) is 9.44. The van der Waals surface area contributed by atoms with E-state index in [1.807, 2.05) is 24.3 Å². The van der Waals surface area contributed by atoms with Gasteiger partial charge in [-0.2, -0.15) is 0 Å². The molecule has 0 spiro atoms. The highest BCUT2D eigenvalue weighted by Crippen LogP contribution is 2.43. The fraction of sp³-hybridized carbons (Fsp3) is 0.0750. The van der Waals surface area contributed by atoms with Crippen LogP contribution in [0.2, 0.25) is 0 Å². The molecule has 8 aromatic carbocycles. The fourth-order valence-corrected chi connectivity index (χ4v) is 7.44. The lowest BCUT2D eigenvalue weighted by atomic mass is 9.88. The summed E-state index contributed by atoms with van der Waals surface area (Å²) >= 11 is 0. The molecule has 0 saturated heterocycles. The van der Waals surface area contributed by atoms with E-state index in [0.717, 1.165) is 64.8 Å².